The van der Waals surface area contributed by atoms with E-state index >= 15 is 0 Å². The number of hydrogen-bond donors (Lipinski definition) is 2. The van der Waals surface area contributed by atoms with Crippen molar-refractivity contribution in [3.05, 3.63) is 135 Å². The second kappa shape index (κ2) is 28.4. The number of nitrogens with zero attached hydrogens (tertiary/aromatic N) is 9. The highest BCUT2D eigenvalue weighted by atomic mass is 127. The van der Waals surface area contributed by atoms with Gasteiger partial charge in [0, 0.05) is 100 Å². The number of aromatic nitrogens is 4. The second-order valence-corrected chi connectivity index (χ2v) is 12.8. The van der Waals surface area contributed by atoms with Gasteiger partial charge < -0.3 is 9.74 Å². The van der Waals surface area contributed by atoms with E-state index in [1.54, 1.807) is 43.5 Å². The molecule has 322 valence electrons. The first kappa shape index (κ1) is 52.0. The zero-order valence-corrected chi connectivity index (χ0v) is 37.5. The lowest BCUT2D eigenvalue weighted by Gasteiger charge is -2.17. The molecule has 4 aromatic rings. The molecule has 0 amide bonds. The number of carbonyl (C=O) groups is 1. The fraction of sp³-hybridized carbons (Fsp3) is 0.357. The number of benzene rings is 2. The van der Waals surface area contributed by atoms with Crippen LogP contribution in [-0.2, 0) is 17.9 Å². The Bertz CT molecular complexity index is 2080. The number of nitrogens with one attached hydrogen (secondary N) is 1. The molecule has 2 aromatic heterocycles. The van der Waals surface area contributed by atoms with Gasteiger partial charge in [0.15, 0.2) is 5.78 Å². The SMILES string of the molecule is CCC1ON=C2C=CC(c3ccnn3CC)=CC21.CCCC#N.CCNN.CCn1nccc1-c1ccc([N+](=O)[O-])cc1.CN(C)/C=C/C(=O)c1ccc([N+](=O)[O-])cc1.I. The summed E-state index contributed by atoms with van der Waals surface area (Å²) in [7, 11) is 3.61. The molecular weight excluding hydrogens is 881 g/mol. The zero-order chi connectivity index (χ0) is 43.7. The molecule has 0 fully saturated rings. The average molecular weight is 938 g/mol. The van der Waals surface area contributed by atoms with E-state index in [-0.39, 0.29) is 53.2 Å². The largest absolute Gasteiger partial charge is 0.391 e. The first-order valence-electron chi connectivity index (χ1n) is 19.2. The molecule has 0 radical (unpaired) electrons. The maximum absolute atomic E-state index is 11.5. The van der Waals surface area contributed by atoms with E-state index in [9.17, 15) is 25.0 Å². The van der Waals surface area contributed by atoms with E-state index in [1.807, 2.05) is 48.5 Å². The van der Waals surface area contributed by atoms with Crippen molar-refractivity contribution in [1.82, 2.24) is 29.9 Å². The lowest BCUT2D eigenvalue weighted by atomic mass is 9.88. The number of nitro groups is 2. The quantitative estimate of drug-likeness (QED) is 0.0341. The van der Waals surface area contributed by atoms with Crippen molar-refractivity contribution in [1.29, 1.82) is 5.26 Å². The lowest BCUT2D eigenvalue weighted by Crippen LogP contribution is -2.22. The number of non-ortho nitro benzene ring substituents is 2. The Labute approximate surface area is 368 Å². The van der Waals surface area contributed by atoms with Crippen molar-refractivity contribution in [2.24, 2.45) is 16.9 Å². The van der Waals surface area contributed by atoms with Gasteiger partial charge in [0.05, 0.1) is 38.9 Å². The summed E-state index contributed by atoms with van der Waals surface area (Å²) in [6, 6.07) is 18.0. The van der Waals surface area contributed by atoms with Crippen LogP contribution in [0.2, 0.25) is 0 Å². The summed E-state index contributed by atoms with van der Waals surface area (Å²) in [5.41, 5.74) is 8.26. The van der Waals surface area contributed by atoms with Crippen LogP contribution in [0, 0.1) is 37.5 Å². The number of hydrogen-bond acceptors (Lipinski definition) is 13. The third-order valence-corrected chi connectivity index (χ3v) is 8.39. The van der Waals surface area contributed by atoms with Crippen LogP contribution in [0.3, 0.4) is 0 Å². The Kier molecular flexibility index (Phi) is 24.6. The number of rotatable bonds is 12. The van der Waals surface area contributed by atoms with Gasteiger partial charge in [0.25, 0.3) is 11.4 Å². The molecule has 1 aliphatic heterocycles. The van der Waals surface area contributed by atoms with Gasteiger partial charge in [-0.05, 0) is 74.7 Å². The molecular formula is C42H56IN11O6. The van der Waals surface area contributed by atoms with Crippen LogP contribution in [0.1, 0.15) is 69.9 Å². The fourth-order valence-corrected chi connectivity index (χ4v) is 5.29. The molecule has 0 saturated heterocycles. The van der Waals surface area contributed by atoms with Gasteiger partial charge in [-0.1, -0.05) is 38.1 Å². The summed E-state index contributed by atoms with van der Waals surface area (Å²) in [5, 5.41) is 41.3. The van der Waals surface area contributed by atoms with Gasteiger partial charge in [0.2, 0.25) is 0 Å². The number of unbranched alkanes of at least 4 members (excludes halogenated alkanes) is 1. The van der Waals surface area contributed by atoms with Crippen molar-refractivity contribution >= 4 is 52.4 Å². The van der Waals surface area contributed by atoms with Gasteiger partial charge in [-0.25, -0.2) is 0 Å². The summed E-state index contributed by atoms with van der Waals surface area (Å²) >= 11 is 0. The second-order valence-electron chi connectivity index (χ2n) is 12.8. The first-order chi connectivity index (χ1) is 28.4. The van der Waals surface area contributed by atoms with Crippen LogP contribution in [0.4, 0.5) is 11.4 Å². The summed E-state index contributed by atoms with van der Waals surface area (Å²) in [5.74, 6) is 4.89. The molecule has 17 nitrogen and oxygen atoms in total. The van der Waals surface area contributed by atoms with Gasteiger partial charge in [-0.2, -0.15) is 15.5 Å². The first-order valence-corrected chi connectivity index (χ1v) is 19.2. The molecule has 2 unspecified atom stereocenters. The molecule has 0 bridgehead atoms. The monoisotopic (exact) mass is 937 g/mol. The van der Waals surface area contributed by atoms with Crippen molar-refractivity contribution in [2.45, 2.75) is 73.1 Å². The number of aryl methyl sites for hydroxylation is 2. The lowest BCUT2D eigenvalue weighted by molar-refractivity contribution is -0.385. The molecule has 18 heteroatoms. The van der Waals surface area contributed by atoms with Crippen LogP contribution >= 0.6 is 24.0 Å². The van der Waals surface area contributed by atoms with Crippen molar-refractivity contribution in [2.75, 3.05) is 20.6 Å². The molecule has 2 aliphatic rings. The van der Waals surface area contributed by atoms with E-state index in [4.69, 9.17) is 15.9 Å². The van der Waals surface area contributed by atoms with Crippen LogP contribution in [0.15, 0.2) is 109 Å². The molecule has 0 saturated carbocycles. The highest BCUT2D eigenvalue weighted by Crippen LogP contribution is 2.31. The number of halogens is 1. The Hall–Kier alpha value is -6.04. The number of nitro benzene ring substituents is 2. The van der Waals surface area contributed by atoms with E-state index in [2.05, 4.69) is 58.9 Å². The number of allylic oxidation sites excluding steroid dienone is 4. The van der Waals surface area contributed by atoms with E-state index in [0.717, 1.165) is 55.1 Å². The maximum Gasteiger partial charge on any atom is 0.269 e. The summed E-state index contributed by atoms with van der Waals surface area (Å²) in [4.78, 5) is 38.7. The number of nitrogens with two attached hydrogens (primary N) is 1. The molecule has 60 heavy (non-hydrogen) atoms. The summed E-state index contributed by atoms with van der Waals surface area (Å²) < 4.78 is 3.86. The van der Waals surface area contributed by atoms with Crippen LogP contribution in [0.25, 0.3) is 16.8 Å². The highest BCUT2D eigenvalue weighted by Gasteiger charge is 2.32. The smallest absolute Gasteiger partial charge is 0.269 e. The zero-order valence-electron chi connectivity index (χ0n) is 35.2. The van der Waals surface area contributed by atoms with Crippen molar-refractivity contribution < 1.29 is 19.5 Å². The van der Waals surface area contributed by atoms with Crippen LogP contribution < -0.4 is 11.3 Å². The molecule has 3 N–H and O–H groups in total. The van der Waals surface area contributed by atoms with Crippen molar-refractivity contribution in [3.8, 4) is 17.3 Å². The standard InChI is InChI=1S/C14H17N3O.C11H11N3O2.C11H12N2O3.C4H7N.C2H8N2.HI/c1-3-14-11-9-10(5-6-12(11)16-18-14)13-7-8-15-17(13)4-2;1-2-13-11(7-8-12-13)9-3-5-10(6-4-9)14(15)16;1-12(2)8-7-11(14)9-3-5-10(6-4-9)13(15)16;1-2-3-4-5;1-2-4-3;/h5-9,11,14H,3-4H2,1-2H3;3-8H,2H2,1H3;3-8H,1-2H3;2-3H2,1H3;4H,2-3H2,1H3;1H/b;;8-7+;;;. The third kappa shape index (κ3) is 16.7. The van der Waals surface area contributed by atoms with Crippen molar-refractivity contribution in [3.63, 3.8) is 0 Å². The van der Waals surface area contributed by atoms with Gasteiger partial charge in [-0.15, -0.1) is 24.0 Å². The van der Waals surface area contributed by atoms with E-state index in [1.165, 1.54) is 48.0 Å². The minimum atomic E-state index is -0.496. The minimum Gasteiger partial charge on any atom is -0.391 e. The topological polar surface area (TPSA) is 226 Å². The van der Waals surface area contributed by atoms with Crippen LogP contribution in [-0.4, -0.2) is 72.5 Å². The van der Waals surface area contributed by atoms with Crippen LogP contribution in [0.5, 0.6) is 0 Å². The maximum atomic E-state index is 11.5. The Morgan fingerprint density at radius 1 is 0.900 bits per heavy atom. The number of oxime groups is 1. The molecule has 0 spiro atoms. The predicted molar refractivity (Wildman–Crippen MR) is 245 cm³/mol. The average Bonchev–Trinajstić information content (AvgIpc) is 4.04. The van der Waals surface area contributed by atoms with E-state index < -0.39 is 9.85 Å². The van der Waals surface area contributed by atoms with E-state index in [0.29, 0.717) is 12.0 Å². The predicted octanol–water partition coefficient (Wildman–Crippen LogP) is 8.37. The highest BCUT2D eigenvalue weighted by molar-refractivity contribution is 14.0. The molecule has 2 atom stereocenters. The third-order valence-electron chi connectivity index (χ3n) is 8.39. The Morgan fingerprint density at radius 2 is 1.43 bits per heavy atom. The van der Waals surface area contributed by atoms with Gasteiger partial charge in [-0.3, -0.25) is 45.7 Å². The number of carbonyl (C=O) groups excluding carboxylic acids is 1. The van der Waals surface area contributed by atoms with Gasteiger partial charge >= 0.3 is 0 Å². The Balaban J connectivity index is 0.000000406. The molecule has 6 rings (SSSR count). The number of ketones is 1. The number of fused-ring (bicyclic) bond motifs is 1. The van der Waals surface area contributed by atoms with Gasteiger partial charge in [0.1, 0.15) is 6.10 Å². The summed E-state index contributed by atoms with van der Waals surface area (Å²) in [6.07, 6.45) is 15.9. The minimum absolute atomic E-state index is 0. The number of hydrazine groups is 1. The fourth-order valence-electron chi connectivity index (χ4n) is 5.29. The number of nitriles is 1. The normalized spacial score (nSPS) is 14.2. The Morgan fingerprint density at radius 3 is 1.88 bits per heavy atom. The molecule has 3 heterocycles. The molecule has 2 aromatic carbocycles. The summed E-state index contributed by atoms with van der Waals surface area (Å²) in [6.45, 7) is 12.7. The molecule has 1 aliphatic carbocycles.